The van der Waals surface area contributed by atoms with Crippen LogP contribution in [-0.4, -0.2) is 81.8 Å². The van der Waals surface area contributed by atoms with Crippen LogP contribution in [0.25, 0.3) is 0 Å². The Hall–Kier alpha value is -4.96. The highest BCUT2D eigenvalue weighted by molar-refractivity contribution is 7.96. The Kier molecular flexibility index (Phi) is 17.8. The molecule has 0 radical (unpaired) electrons. The van der Waals surface area contributed by atoms with E-state index >= 15 is 0 Å². The molecule has 2 aromatic carbocycles. The molecule has 4 amide bonds. The number of alkyl carbamates (subject to hydrolysis) is 1. The zero-order valence-electron chi connectivity index (χ0n) is 29.6. The van der Waals surface area contributed by atoms with E-state index in [1.54, 1.807) is 88.4 Å². The highest BCUT2D eigenvalue weighted by Gasteiger charge is 2.34. The number of benzene rings is 2. The van der Waals surface area contributed by atoms with Gasteiger partial charge in [-0.3, -0.25) is 24.0 Å². The first kappa shape index (κ1) is 43.2. The summed E-state index contributed by atoms with van der Waals surface area (Å²) in [4.78, 5) is 78.5. The van der Waals surface area contributed by atoms with Gasteiger partial charge in [-0.15, -0.1) is 0 Å². The normalized spacial score (nSPS) is 13.8. The summed E-state index contributed by atoms with van der Waals surface area (Å²) >= 11 is 5.93. The van der Waals surface area contributed by atoms with Gasteiger partial charge in [-0.1, -0.05) is 86.1 Å². The van der Waals surface area contributed by atoms with Gasteiger partial charge in [0.1, 0.15) is 29.1 Å². The van der Waals surface area contributed by atoms with E-state index in [0.29, 0.717) is 11.1 Å². The third-order valence-electron chi connectivity index (χ3n) is 7.13. The van der Waals surface area contributed by atoms with Crippen LogP contribution < -0.4 is 21.3 Å². The maximum Gasteiger partial charge on any atom is 0.408 e. The second-order valence-electron chi connectivity index (χ2n) is 11.7. The summed E-state index contributed by atoms with van der Waals surface area (Å²) < 4.78 is 38.5. The van der Waals surface area contributed by atoms with Crippen molar-refractivity contribution in [3.05, 3.63) is 82.2 Å². The van der Waals surface area contributed by atoms with Crippen molar-refractivity contribution in [3.63, 3.8) is 0 Å². The predicted octanol–water partition coefficient (Wildman–Crippen LogP) is 2.80. The summed E-state index contributed by atoms with van der Waals surface area (Å²) in [5.74, 6) is -4.69. The van der Waals surface area contributed by atoms with Gasteiger partial charge in [0.2, 0.25) is 17.7 Å². The van der Waals surface area contributed by atoms with Crippen LogP contribution in [0.1, 0.15) is 57.7 Å². The molecule has 0 saturated carbocycles. The summed E-state index contributed by atoms with van der Waals surface area (Å²) in [6, 6.07) is 11.3. The monoisotopic (exact) mass is 764 g/mol. The Morgan fingerprint density at radius 2 is 1.29 bits per heavy atom. The number of halogens is 1. The van der Waals surface area contributed by atoms with Gasteiger partial charge in [-0.05, 0) is 37.0 Å². The van der Waals surface area contributed by atoms with Crippen molar-refractivity contribution in [2.45, 2.75) is 71.3 Å². The van der Waals surface area contributed by atoms with E-state index in [9.17, 15) is 37.2 Å². The topological polar surface area (TPSA) is 212 Å². The quantitative estimate of drug-likeness (QED) is 0.121. The van der Waals surface area contributed by atoms with Crippen molar-refractivity contribution in [2.24, 2.45) is 5.92 Å². The largest absolute Gasteiger partial charge is 0.466 e. The molecule has 17 heteroatoms. The molecule has 0 aliphatic carbocycles. The number of carbonyl (C=O) groups is 6. The Morgan fingerprint density at radius 3 is 1.83 bits per heavy atom. The highest BCUT2D eigenvalue weighted by Crippen LogP contribution is 2.17. The number of rotatable bonds is 19. The van der Waals surface area contributed by atoms with Crippen molar-refractivity contribution < 1.29 is 51.4 Å². The van der Waals surface area contributed by atoms with Crippen LogP contribution in [0.4, 0.5) is 4.79 Å². The number of hydrogen-bond donors (Lipinski definition) is 4. The third-order valence-corrected chi connectivity index (χ3v) is 8.94. The van der Waals surface area contributed by atoms with Crippen LogP contribution in [0, 0.1) is 5.92 Å². The molecule has 0 aromatic heterocycles. The van der Waals surface area contributed by atoms with E-state index in [1.165, 1.54) is 0 Å². The molecular weight excluding hydrogens is 720 g/mol. The van der Waals surface area contributed by atoms with Crippen molar-refractivity contribution in [1.29, 1.82) is 0 Å². The molecule has 4 N–H and O–H groups in total. The molecule has 4 atom stereocenters. The van der Waals surface area contributed by atoms with Gasteiger partial charge in [0, 0.05) is 6.26 Å². The first-order valence-corrected chi connectivity index (χ1v) is 18.6. The third kappa shape index (κ3) is 15.1. The summed E-state index contributed by atoms with van der Waals surface area (Å²) in [6.45, 7) is 6.32. The summed E-state index contributed by atoms with van der Waals surface area (Å²) in [5, 5.41) is 10.0. The number of nitrogens with one attached hydrogen (secondary N) is 4. The summed E-state index contributed by atoms with van der Waals surface area (Å²) in [6.07, 6.45) is -0.224. The first-order chi connectivity index (χ1) is 24.5. The van der Waals surface area contributed by atoms with Crippen LogP contribution in [-0.2, 0) is 54.6 Å². The second kappa shape index (κ2) is 21.4. The van der Waals surface area contributed by atoms with Crippen molar-refractivity contribution >= 4 is 57.2 Å². The van der Waals surface area contributed by atoms with Gasteiger partial charge in [0.15, 0.2) is 9.84 Å². The number of amides is 4. The van der Waals surface area contributed by atoms with E-state index in [4.69, 9.17) is 25.8 Å². The maximum atomic E-state index is 13.9. The fraction of sp³-hybridized carbons (Fsp3) is 0.429. The van der Waals surface area contributed by atoms with E-state index in [1.807, 2.05) is 0 Å². The fourth-order valence-electron chi connectivity index (χ4n) is 4.57. The average molecular weight is 765 g/mol. The Morgan fingerprint density at radius 1 is 0.731 bits per heavy atom. The Labute approximate surface area is 308 Å². The van der Waals surface area contributed by atoms with Crippen LogP contribution >= 0.6 is 11.6 Å². The zero-order chi connectivity index (χ0) is 38.8. The number of hydrogen-bond acceptors (Lipinski definition) is 11. The van der Waals surface area contributed by atoms with Gasteiger partial charge >= 0.3 is 18.0 Å². The molecule has 15 nitrogen and oxygen atoms in total. The molecule has 2 aromatic rings. The van der Waals surface area contributed by atoms with Gasteiger partial charge in [-0.2, -0.15) is 0 Å². The van der Waals surface area contributed by atoms with Gasteiger partial charge in [0.05, 0.1) is 32.1 Å². The zero-order valence-corrected chi connectivity index (χ0v) is 31.1. The second-order valence-corrected chi connectivity index (χ2v) is 14.3. The van der Waals surface area contributed by atoms with E-state index in [2.05, 4.69) is 21.3 Å². The lowest BCUT2D eigenvalue weighted by Gasteiger charge is -2.28. The molecular formula is C35H45ClN4O11S. The minimum absolute atomic E-state index is 0.0101. The highest BCUT2D eigenvalue weighted by atomic mass is 35.5. The molecule has 0 heterocycles. The first-order valence-electron chi connectivity index (χ1n) is 16.4. The number of ether oxygens (including phenoxy) is 3. The number of esters is 2. The predicted molar refractivity (Wildman–Crippen MR) is 191 cm³/mol. The van der Waals surface area contributed by atoms with Gasteiger partial charge in [0.25, 0.3) is 0 Å². The molecule has 0 saturated heterocycles. The molecule has 0 aliphatic heterocycles. The fourth-order valence-corrected chi connectivity index (χ4v) is 5.13. The lowest BCUT2D eigenvalue weighted by atomic mass is 10.00. The molecule has 0 bridgehead atoms. The summed E-state index contributed by atoms with van der Waals surface area (Å²) in [7, 11) is -3.88. The molecule has 284 valence electrons. The molecule has 52 heavy (non-hydrogen) atoms. The van der Waals surface area contributed by atoms with Crippen LogP contribution in [0.5, 0.6) is 0 Å². The van der Waals surface area contributed by atoms with Crippen molar-refractivity contribution in [3.8, 4) is 0 Å². The van der Waals surface area contributed by atoms with Crippen molar-refractivity contribution in [1.82, 2.24) is 21.3 Å². The molecule has 0 fully saturated rings. The SMILES string of the molecule is CCOC(=O)C[C@@H](/C=C(\Cl)S(C)(=O)=O)NC(=O)[C@@H](NC(=O)[C@@H](NC(=O)[C@H](CC(=O)OCC)NC(=O)OCc1ccccc1)c1ccccc1)C(C)C. The molecule has 0 spiro atoms. The molecule has 2 rings (SSSR count). The van der Waals surface area contributed by atoms with E-state index < -0.39 is 92.9 Å². The summed E-state index contributed by atoms with van der Waals surface area (Å²) in [5.41, 5.74) is 0.969. The van der Waals surface area contributed by atoms with E-state index in [-0.39, 0.29) is 19.8 Å². The van der Waals surface area contributed by atoms with E-state index in [0.717, 1.165) is 12.3 Å². The Bertz CT molecular complexity index is 1670. The van der Waals surface area contributed by atoms with Gasteiger partial charge < -0.3 is 35.5 Å². The van der Waals surface area contributed by atoms with Gasteiger partial charge in [-0.25, -0.2) is 13.2 Å². The standard InChI is InChI=1S/C35H45ClN4O11S/c1-6-49-28(41)19-25(18-27(36)52(5,47)48)37-33(44)30(22(3)4)39-34(45)31(24-16-12-9-13-17-24)40-32(43)26(20-29(42)50-7-2)38-35(46)51-21-23-14-10-8-11-15-23/h8-18,22,25-26,30-31H,6-7,19-21H2,1-5H3,(H,37,44)(H,38,46)(H,39,45)(H,40,43)/b27-18+/t25-,26+,30+,31+/m1/s1. The average Bonchev–Trinajstić information content (AvgIpc) is 3.08. The van der Waals surface area contributed by atoms with Crippen LogP contribution in [0.15, 0.2) is 71.1 Å². The molecule has 0 aliphatic rings. The smallest absolute Gasteiger partial charge is 0.408 e. The minimum Gasteiger partial charge on any atom is -0.466 e. The Balaban J connectivity index is 2.35. The minimum atomic E-state index is -3.88. The molecule has 0 unspecified atom stereocenters. The van der Waals surface area contributed by atoms with Crippen LogP contribution in [0.3, 0.4) is 0 Å². The number of carbonyl (C=O) groups excluding carboxylic acids is 6. The number of sulfone groups is 1. The lowest BCUT2D eigenvalue weighted by molar-refractivity contribution is -0.145. The van der Waals surface area contributed by atoms with Crippen LogP contribution in [0.2, 0.25) is 0 Å². The maximum absolute atomic E-state index is 13.9. The lowest BCUT2D eigenvalue weighted by Crippen LogP contribution is -2.56. The van der Waals surface area contributed by atoms with Crippen molar-refractivity contribution in [2.75, 3.05) is 19.5 Å².